The lowest BCUT2D eigenvalue weighted by Gasteiger charge is -2.22. The number of hydrogen-bond acceptors (Lipinski definition) is 6. The van der Waals surface area contributed by atoms with Gasteiger partial charge in [-0.25, -0.2) is 0 Å². The second kappa shape index (κ2) is 10.9. The molecule has 0 atom stereocenters. The number of carbonyl (C=O) groups is 1. The molecule has 4 rings (SSSR count). The average molecular weight is 546 g/mol. The van der Waals surface area contributed by atoms with Gasteiger partial charge in [-0.05, 0) is 56.8 Å². The van der Waals surface area contributed by atoms with Crippen LogP contribution in [0.4, 0.5) is 0 Å². The summed E-state index contributed by atoms with van der Waals surface area (Å²) in [6, 6.07) is 3.42. The van der Waals surface area contributed by atoms with Gasteiger partial charge in [-0.15, -0.1) is 0 Å². The molecule has 2 aliphatic rings. The topological polar surface area (TPSA) is 74.2 Å². The monoisotopic (exact) mass is 544 g/mol. The van der Waals surface area contributed by atoms with Crippen LogP contribution in [0, 0.1) is 0 Å². The van der Waals surface area contributed by atoms with E-state index in [1.165, 1.54) is 0 Å². The van der Waals surface area contributed by atoms with E-state index in [0.717, 1.165) is 39.2 Å². The molecule has 0 unspecified atom stereocenters. The summed E-state index contributed by atoms with van der Waals surface area (Å²) in [5, 5.41) is 9.68. The van der Waals surface area contributed by atoms with E-state index in [2.05, 4.69) is 31.9 Å². The van der Waals surface area contributed by atoms with Gasteiger partial charge < -0.3 is 24.1 Å². The van der Waals surface area contributed by atoms with Crippen LogP contribution in [-0.4, -0.2) is 37.8 Å². The lowest BCUT2D eigenvalue weighted by Crippen LogP contribution is -2.17. The van der Waals surface area contributed by atoms with Crippen molar-refractivity contribution in [3.8, 4) is 28.7 Å². The quantitative estimate of drug-likeness (QED) is 0.497. The van der Waals surface area contributed by atoms with Crippen LogP contribution in [-0.2, 0) is 12.8 Å². The minimum atomic E-state index is 0. The molecule has 0 saturated heterocycles. The number of fused-ring (bicyclic) bond motifs is 2. The number of hydrogen-bond donors (Lipinski definition) is 1. The smallest absolute Gasteiger partial charge is 0.176 e. The van der Waals surface area contributed by atoms with Crippen LogP contribution >= 0.6 is 31.9 Å². The minimum Gasteiger partial charge on any atom is -0.507 e. The Morgan fingerprint density at radius 1 is 0.833 bits per heavy atom. The van der Waals surface area contributed by atoms with Crippen LogP contribution in [0.1, 0.15) is 42.8 Å². The van der Waals surface area contributed by atoms with Gasteiger partial charge in [0.15, 0.2) is 29.3 Å². The van der Waals surface area contributed by atoms with Crippen LogP contribution in [0.3, 0.4) is 0 Å². The van der Waals surface area contributed by atoms with Gasteiger partial charge >= 0.3 is 0 Å². The number of ether oxygens (including phenoxy) is 4. The highest BCUT2D eigenvalue weighted by molar-refractivity contribution is 9.11. The Kier molecular flexibility index (Phi) is 8.85. The lowest BCUT2D eigenvalue weighted by atomic mass is 10.0. The minimum absolute atomic E-state index is 0. The van der Waals surface area contributed by atoms with Crippen molar-refractivity contribution in [3.05, 3.63) is 37.8 Å². The molecule has 0 spiro atoms. The highest BCUT2D eigenvalue weighted by Gasteiger charge is 2.22. The molecule has 2 aliphatic heterocycles. The average Bonchev–Trinajstić information content (AvgIpc) is 2.74. The lowest BCUT2D eigenvalue weighted by molar-refractivity contribution is 0.112. The summed E-state index contributed by atoms with van der Waals surface area (Å²) in [6.45, 7) is 6.15. The number of halogens is 2. The van der Waals surface area contributed by atoms with Gasteiger partial charge in [0.2, 0.25) is 0 Å². The van der Waals surface area contributed by atoms with Crippen molar-refractivity contribution in [3.63, 3.8) is 0 Å². The molecule has 0 radical (unpaired) electrons. The van der Waals surface area contributed by atoms with E-state index in [4.69, 9.17) is 18.9 Å². The standard InChI is InChI=1S/C11H11BrO3.C10H11BrO3.CH4/c1-2-8-7(6-13)5-9(12)11-10(8)14-3-4-15-11;1-2-6-8(12)5-7(11)10-9(6)13-3-4-14-10;/h5-6H,2-4H2,1H3;5,12H,2-4H2,1H3;1H4. The van der Waals surface area contributed by atoms with Crippen molar-refractivity contribution < 1.29 is 28.8 Å². The summed E-state index contributed by atoms with van der Waals surface area (Å²) in [5.41, 5.74) is 2.39. The van der Waals surface area contributed by atoms with Crippen molar-refractivity contribution in [1.82, 2.24) is 0 Å². The highest BCUT2D eigenvalue weighted by atomic mass is 79.9. The van der Waals surface area contributed by atoms with Gasteiger partial charge in [-0.2, -0.15) is 0 Å². The predicted molar refractivity (Wildman–Crippen MR) is 123 cm³/mol. The van der Waals surface area contributed by atoms with Crippen molar-refractivity contribution in [2.75, 3.05) is 26.4 Å². The third-order valence-electron chi connectivity index (χ3n) is 4.58. The molecule has 2 aromatic carbocycles. The first-order valence-corrected chi connectivity index (χ1v) is 11.0. The summed E-state index contributed by atoms with van der Waals surface area (Å²) >= 11 is 6.70. The largest absolute Gasteiger partial charge is 0.507 e. The molecular formula is C22H26Br2O6. The molecule has 0 aliphatic carbocycles. The van der Waals surface area contributed by atoms with Crippen LogP contribution in [0.25, 0.3) is 0 Å². The van der Waals surface area contributed by atoms with E-state index in [-0.39, 0.29) is 13.2 Å². The van der Waals surface area contributed by atoms with Crippen molar-refractivity contribution in [2.45, 2.75) is 34.1 Å². The summed E-state index contributed by atoms with van der Waals surface area (Å²) in [4.78, 5) is 10.9. The maximum absolute atomic E-state index is 10.9. The SMILES string of the molecule is C.CCc1c(C=O)cc(Br)c2c1OCCO2.CCc1c(O)cc(Br)c2c1OCCO2. The zero-order chi connectivity index (χ0) is 21.0. The number of phenolic OH excluding ortho intramolecular Hbond substituents is 1. The summed E-state index contributed by atoms with van der Waals surface area (Å²) < 4.78 is 23.5. The van der Waals surface area contributed by atoms with E-state index in [0.29, 0.717) is 55.0 Å². The molecule has 2 aromatic rings. The second-order valence-electron chi connectivity index (χ2n) is 6.32. The Bertz CT molecular complexity index is 893. The van der Waals surface area contributed by atoms with Gasteiger partial charge in [-0.3, -0.25) is 4.79 Å². The molecular weight excluding hydrogens is 520 g/mol. The van der Waals surface area contributed by atoms with Gasteiger partial charge in [-0.1, -0.05) is 21.3 Å². The third kappa shape index (κ3) is 4.86. The number of aromatic hydroxyl groups is 1. The number of carbonyl (C=O) groups excluding carboxylic acids is 1. The number of benzene rings is 2. The summed E-state index contributed by atoms with van der Waals surface area (Å²) in [7, 11) is 0. The van der Waals surface area contributed by atoms with E-state index in [1.54, 1.807) is 12.1 Å². The van der Waals surface area contributed by atoms with Crippen LogP contribution < -0.4 is 18.9 Å². The Balaban J connectivity index is 0.000000207. The molecule has 30 heavy (non-hydrogen) atoms. The molecule has 1 N–H and O–H groups in total. The fourth-order valence-electron chi connectivity index (χ4n) is 3.26. The van der Waals surface area contributed by atoms with Gasteiger partial charge in [0.1, 0.15) is 32.2 Å². The van der Waals surface area contributed by atoms with Crippen LogP contribution in [0.15, 0.2) is 21.1 Å². The highest BCUT2D eigenvalue weighted by Crippen LogP contribution is 2.45. The van der Waals surface area contributed by atoms with Gasteiger partial charge in [0, 0.05) is 16.7 Å². The van der Waals surface area contributed by atoms with Crippen molar-refractivity contribution >= 4 is 38.1 Å². The second-order valence-corrected chi connectivity index (χ2v) is 8.03. The third-order valence-corrected chi connectivity index (χ3v) is 5.76. The Morgan fingerprint density at radius 2 is 1.27 bits per heavy atom. The Labute approximate surface area is 193 Å². The molecule has 0 fully saturated rings. The van der Waals surface area contributed by atoms with Crippen LogP contribution in [0.5, 0.6) is 28.7 Å². The number of aldehydes is 1. The molecule has 0 amide bonds. The van der Waals surface area contributed by atoms with Crippen molar-refractivity contribution in [1.29, 1.82) is 0 Å². The number of phenols is 1. The molecule has 2 heterocycles. The summed E-state index contributed by atoms with van der Waals surface area (Å²) in [6.07, 6.45) is 2.33. The Morgan fingerprint density at radius 3 is 1.73 bits per heavy atom. The van der Waals surface area contributed by atoms with Crippen molar-refractivity contribution in [2.24, 2.45) is 0 Å². The fraction of sp³-hybridized carbons (Fsp3) is 0.409. The first kappa shape index (κ1) is 24.3. The van der Waals surface area contributed by atoms with Gasteiger partial charge in [0.05, 0.1) is 8.95 Å². The molecule has 0 saturated carbocycles. The van der Waals surface area contributed by atoms with Crippen LogP contribution in [0.2, 0.25) is 0 Å². The van der Waals surface area contributed by atoms with E-state index in [1.807, 2.05) is 13.8 Å². The van der Waals surface area contributed by atoms with Gasteiger partial charge in [0.25, 0.3) is 0 Å². The fourth-order valence-corrected chi connectivity index (χ4v) is 4.31. The Hall–Kier alpha value is -1.93. The zero-order valence-corrected chi connectivity index (χ0v) is 19.4. The maximum atomic E-state index is 10.9. The van der Waals surface area contributed by atoms with E-state index >= 15 is 0 Å². The van der Waals surface area contributed by atoms with E-state index in [9.17, 15) is 9.90 Å². The molecule has 8 heteroatoms. The molecule has 0 aromatic heterocycles. The first-order chi connectivity index (χ1) is 14.0. The van der Waals surface area contributed by atoms with E-state index < -0.39 is 0 Å². The maximum Gasteiger partial charge on any atom is 0.176 e. The molecule has 164 valence electrons. The number of rotatable bonds is 3. The zero-order valence-electron chi connectivity index (χ0n) is 16.2. The normalized spacial score (nSPS) is 13.5. The molecule has 6 nitrogen and oxygen atoms in total. The first-order valence-electron chi connectivity index (χ1n) is 9.37. The molecule has 0 bridgehead atoms. The summed E-state index contributed by atoms with van der Waals surface area (Å²) in [5.74, 6) is 3.05. The predicted octanol–water partition coefficient (Wildman–Crippen LogP) is 5.72.